The number of hydrogen-bond donors (Lipinski definition) is 3. The summed E-state index contributed by atoms with van der Waals surface area (Å²) < 4.78 is 10.7. The number of nitrogens with one attached hydrogen (secondary N) is 2. The zero-order valence-corrected chi connectivity index (χ0v) is 17.8. The number of ether oxygens (including phenoxy) is 2. The van der Waals surface area contributed by atoms with Crippen LogP contribution in [-0.2, 0) is 9.53 Å². The average Bonchev–Trinajstić information content (AvgIpc) is 2.76. The lowest BCUT2D eigenvalue weighted by Gasteiger charge is -2.34. The second kappa shape index (κ2) is 11.0. The topological polar surface area (TPSA) is 103 Å². The van der Waals surface area contributed by atoms with Gasteiger partial charge in [-0.15, -0.1) is 12.4 Å². The summed E-state index contributed by atoms with van der Waals surface area (Å²) >= 11 is 0. The highest BCUT2D eigenvalue weighted by atomic mass is 35.5. The summed E-state index contributed by atoms with van der Waals surface area (Å²) in [6.45, 7) is 3.87. The lowest BCUT2D eigenvalue weighted by atomic mass is 9.79. The van der Waals surface area contributed by atoms with E-state index in [0.717, 1.165) is 5.75 Å². The van der Waals surface area contributed by atoms with Gasteiger partial charge in [0, 0.05) is 36.7 Å². The average molecular weight is 434 g/mol. The summed E-state index contributed by atoms with van der Waals surface area (Å²) in [5.74, 6) is 0.426. The molecule has 1 saturated heterocycles. The van der Waals surface area contributed by atoms with Crippen LogP contribution in [0, 0.1) is 5.41 Å². The molecule has 2 amide bonds. The van der Waals surface area contributed by atoms with Crippen LogP contribution in [0.25, 0.3) is 0 Å². The number of nitrogens with two attached hydrogens (primary N) is 1. The number of carbonyl (C=O) groups is 2. The van der Waals surface area contributed by atoms with Crippen LogP contribution >= 0.6 is 12.4 Å². The molecule has 0 aromatic heterocycles. The van der Waals surface area contributed by atoms with Crippen LogP contribution in [0.2, 0.25) is 0 Å². The standard InChI is InChI=1S/C22H27N3O4.ClH/c1-2-29-19-9-7-17(8-10-19)24-20(26)16-3-5-18(6-4-16)25-21(27)22(15-23)11-13-28-14-12-22;/h3-10H,2,11-15,23H2,1H3,(H,24,26)(H,25,27);1H. The van der Waals surface area contributed by atoms with E-state index in [4.69, 9.17) is 15.2 Å². The molecule has 1 fully saturated rings. The summed E-state index contributed by atoms with van der Waals surface area (Å²) in [4.78, 5) is 25.2. The van der Waals surface area contributed by atoms with E-state index in [9.17, 15) is 9.59 Å². The zero-order chi connectivity index (χ0) is 20.7. The number of halogens is 1. The number of rotatable bonds is 7. The molecule has 0 saturated carbocycles. The van der Waals surface area contributed by atoms with Crippen LogP contribution in [0.5, 0.6) is 5.75 Å². The van der Waals surface area contributed by atoms with Gasteiger partial charge >= 0.3 is 0 Å². The Morgan fingerprint density at radius 1 is 1.00 bits per heavy atom. The van der Waals surface area contributed by atoms with Crippen molar-refractivity contribution in [1.29, 1.82) is 0 Å². The number of carbonyl (C=O) groups excluding carboxylic acids is 2. The molecule has 4 N–H and O–H groups in total. The van der Waals surface area contributed by atoms with Crippen LogP contribution in [-0.4, -0.2) is 38.2 Å². The highest BCUT2D eigenvalue weighted by molar-refractivity contribution is 6.04. The van der Waals surface area contributed by atoms with E-state index in [1.807, 2.05) is 6.92 Å². The molecule has 0 spiro atoms. The number of benzene rings is 2. The smallest absolute Gasteiger partial charge is 0.255 e. The fraction of sp³-hybridized carbons (Fsp3) is 0.364. The molecule has 0 aliphatic carbocycles. The predicted molar refractivity (Wildman–Crippen MR) is 119 cm³/mol. The van der Waals surface area contributed by atoms with Crippen LogP contribution < -0.4 is 21.1 Å². The number of anilines is 2. The van der Waals surface area contributed by atoms with E-state index in [0.29, 0.717) is 49.6 Å². The van der Waals surface area contributed by atoms with Crippen molar-refractivity contribution in [3.05, 3.63) is 54.1 Å². The van der Waals surface area contributed by atoms with Gasteiger partial charge in [-0.25, -0.2) is 0 Å². The second-order valence-corrected chi connectivity index (χ2v) is 7.04. The van der Waals surface area contributed by atoms with Crippen molar-refractivity contribution >= 4 is 35.6 Å². The highest BCUT2D eigenvalue weighted by Gasteiger charge is 2.38. The first-order valence-corrected chi connectivity index (χ1v) is 9.80. The molecule has 3 rings (SSSR count). The Balaban J connectivity index is 0.00000320. The maximum atomic E-state index is 12.7. The van der Waals surface area contributed by atoms with Gasteiger partial charge in [-0.3, -0.25) is 9.59 Å². The lowest BCUT2D eigenvalue weighted by molar-refractivity contribution is -0.130. The third-order valence-electron chi connectivity index (χ3n) is 5.15. The van der Waals surface area contributed by atoms with E-state index >= 15 is 0 Å². The summed E-state index contributed by atoms with van der Waals surface area (Å²) in [6, 6.07) is 14.0. The molecule has 0 radical (unpaired) electrons. The summed E-state index contributed by atoms with van der Waals surface area (Å²) in [5.41, 5.74) is 7.09. The summed E-state index contributed by atoms with van der Waals surface area (Å²) in [5, 5.41) is 5.76. The van der Waals surface area contributed by atoms with Crippen molar-refractivity contribution in [3.8, 4) is 5.75 Å². The summed E-state index contributed by atoms with van der Waals surface area (Å²) in [7, 11) is 0. The third-order valence-corrected chi connectivity index (χ3v) is 5.15. The van der Waals surface area contributed by atoms with Gasteiger partial charge in [0.1, 0.15) is 5.75 Å². The molecule has 8 heteroatoms. The zero-order valence-electron chi connectivity index (χ0n) is 17.0. The quantitative estimate of drug-likeness (QED) is 0.620. The fourth-order valence-electron chi connectivity index (χ4n) is 3.26. The third kappa shape index (κ3) is 5.72. The Hall–Kier alpha value is -2.61. The van der Waals surface area contributed by atoms with Gasteiger partial charge in [0.15, 0.2) is 0 Å². The predicted octanol–water partition coefficient (Wildman–Crippen LogP) is 3.45. The Bertz CT molecular complexity index is 834. The molecule has 0 unspecified atom stereocenters. The minimum atomic E-state index is -0.595. The van der Waals surface area contributed by atoms with Crippen molar-refractivity contribution in [1.82, 2.24) is 0 Å². The Kier molecular flexibility index (Phi) is 8.65. The SMILES string of the molecule is CCOc1ccc(NC(=O)c2ccc(NC(=O)C3(CN)CCOCC3)cc2)cc1.Cl. The van der Waals surface area contributed by atoms with Gasteiger partial charge < -0.3 is 25.8 Å². The first-order valence-electron chi connectivity index (χ1n) is 9.80. The molecule has 162 valence electrons. The molecule has 1 aliphatic rings. The highest BCUT2D eigenvalue weighted by Crippen LogP contribution is 2.31. The maximum absolute atomic E-state index is 12.7. The largest absolute Gasteiger partial charge is 0.494 e. The monoisotopic (exact) mass is 433 g/mol. The van der Waals surface area contributed by atoms with Gasteiger partial charge in [0.25, 0.3) is 5.91 Å². The number of hydrogen-bond acceptors (Lipinski definition) is 5. The molecule has 0 atom stereocenters. The molecule has 30 heavy (non-hydrogen) atoms. The minimum Gasteiger partial charge on any atom is -0.494 e. The van der Waals surface area contributed by atoms with Crippen LogP contribution in [0.4, 0.5) is 11.4 Å². The molecular weight excluding hydrogens is 406 g/mol. The first kappa shape index (κ1) is 23.7. The Morgan fingerprint density at radius 3 is 2.13 bits per heavy atom. The summed E-state index contributed by atoms with van der Waals surface area (Å²) in [6.07, 6.45) is 1.22. The molecule has 0 bridgehead atoms. The van der Waals surface area contributed by atoms with E-state index in [-0.39, 0.29) is 30.8 Å². The second-order valence-electron chi connectivity index (χ2n) is 7.04. The molecular formula is C22H28ClN3O4. The molecule has 1 aliphatic heterocycles. The first-order chi connectivity index (χ1) is 14.1. The van der Waals surface area contributed by atoms with Crippen molar-refractivity contribution in [2.45, 2.75) is 19.8 Å². The van der Waals surface area contributed by atoms with Crippen LogP contribution in [0.15, 0.2) is 48.5 Å². The van der Waals surface area contributed by atoms with E-state index in [2.05, 4.69) is 10.6 Å². The normalized spacial score (nSPS) is 14.9. The Morgan fingerprint density at radius 2 is 1.57 bits per heavy atom. The molecule has 1 heterocycles. The van der Waals surface area contributed by atoms with Crippen molar-refractivity contribution in [2.24, 2.45) is 11.1 Å². The Labute approximate surface area is 182 Å². The van der Waals surface area contributed by atoms with Crippen LogP contribution in [0.1, 0.15) is 30.1 Å². The van der Waals surface area contributed by atoms with Crippen LogP contribution in [0.3, 0.4) is 0 Å². The molecule has 2 aromatic carbocycles. The number of amides is 2. The van der Waals surface area contributed by atoms with Gasteiger partial charge in [-0.05, 0) is 68.3 Å². The van der Waals surface area contributed by atoms with Gasteiger partial charge in [0.05, 0.1) is 12.0 Å². The molecule has 2 aromatic rings. The molecule has 7 nitrogen and oxygen atoms in total. The van der Waals surface area contributed by atoms with E-state index < -0.39 is 5.41 Å². The van der Waals surface area contributed by atoms with E-state index in [1.165, 1.54) is 0 Å². The van der Waals surface area contributed by atoms with Gasteiger partial charge in [-0.1, -0.05) is 0 Å². The lowest BCUT2D eigenvalue weighted by Crippen LogP contribution is -2.46. The van der Waals surface area contributed by atoms with Crippen molar-refractivity contribution in [2.75, 3.05) is 37.0 Å². The minimum absolute atomic E-state index is 0. The maximum Gasteiger partial charge on any atom is 0.255 e. The fourth-order valence-corrected chi connectivity index (χ4v) is 3.26. The van der Waals surface area contributed by atoms with Crippen molar-refractivity contribution < 1.29 is 19.1 Å². The van der Waals surface area contributed by atoms with Gasteiger partial charge in [-0.2, -0.15) is 0 Å². The van der Waals surface area contributed by atoms with Gasteiger partial charge in [0.2, 0.25) is 5.91 Å². The van der Waals surface area contributed by atoms with Crippen molar-refractivity contribution in [3.63, 3.8) is 0 Å². The van der Waals surface area contributed by atoms with E-state index in [1.54, 1.807) is 48.5 Å².